The minimum absolute atomic E-state index is 0.0758. The van der Waals surface area contributed by atoms with E-state index in [0.29, 0.717) is 11.7 Å². The molecule has 23 heavy (non-hydrogen) atoms. The van der Waals surface area contributed by atoms with Crippen molar-refractivity contribution in [3.8, 4) is 0 Å². The number of amides is 1. The molecule has 0 radical (unpaired) electrons. The fraction of sp³-hybridized carbons (Fsp3) is 0.188. The van der Waals surface area contributed by atoms with E-state index in [1.165, 1.54) is 11.8 Å². The van der Waals surface area contributed by atoms with Gasteiger partial charge >= 0.3 is 0 Å². The summed E-state index contributed by atoms with van der Waals surface area (Å²) < 4.78 is 7.16. The molecule has 0 fully saturated rings. The van der Waals surface area contributed by atoms with Crippen LogP contribution < -0.4 is 5.32 Å². The lowest BCUT2D eigenvalue weighted by Gasteiger charge is -2.06. The van der Waals surface area contributed by atoms with Crippen LogP contribution >= 0.6 is 11.8 Å². The lowest BCUT2D eigenvalue weighted by atomic mass is 10.2. The number of nitrogens with zero attached hydrogens (tertiary/aromatic N) is 3. The van der Waals surface area contributed by atoms with Gasteiger partial charge in [-0.3, -0.25) is 4.79 Å². The number of carbonyl (C=O) groups excluding carboxylic acids is 1. The van der Waals surface area contributed by atoms with Gasteiger partial charge in [0.1, 0.15) is 12.1 Å². The molecule has 0 saturated carbocycles. The summed E-state index contributed by atoms with van der Waals surface area (Å²) in [5.41, 5.74) is 1.90. The van der Waals surface area contributed by atoms with Crippen molar-refractivity contribution in [3.05, 3.63) is 60.3 Å². The molecule has 7 heteroatoms. The van der Waals surface area contributed by atoms with Crippen LogP contribution in [-0.4, -0.2) is 26.4 Å². The molecule has 1 amide bonds. The number of aromatic nitrogens is 3. The molecular formula is C16H16N4O2S. The van der Waals surface area contributed by atoms with Crippen LogP contribution in [0.1, 0.15) is 11.3 Å². The van der Waals surface area contributed by atoms with Crippen molar-refractivity contribution < 1.29 is 9.21 Å². The summed E-state index contributed by atoms with van der Waals surface area (Å²) in [6.07, 6.45) is 3.26. The van der Waals surface area contributed by atoms with E-state index in [-0.39, 0.29) is 11.7 Å². The summed E-state index contributed by atoms with van der Waals surface area (Å²) in [5.74, 6) is 1.01. The molecule has 3 aromatic rings. The number of rotatable bonds is 6. The van der Waals surface area contributed by atoms with E-state index in [9.17, 15) is 4.79 Å². The number of carbonyl (C=O) groups is 1. The Morgan fingerprint density at radius 3 is 3.04 bits per heavy atom. The molecule has 0 unspecified atom stereocenters. The molecule has 0 spiro atoms. The third kappa shape index (κ3) is 4.23. The van der Waals surface area contributed by atoms with Crippen molar-refractivity contribution in [2.24, 2.45) is 0 Å². The van der Waals surface area contributed by atoms with Gasteiger partial charge in [-0.2, -0.15) is 0 Å². The quantitative estimate of drug-likeness (QED) is 0.704. The first-order valence-corrected chi connectivity index (χ1v) is 8.09. The monoisotopic (exact) mass is 328 g/mol. The van der Waals surface area contributed by atoms with E-state index in [0.717, 1.165) is 17.0 Å². The van der Waals surface area contributed by atoms with Crippen molar-refractivity contribution in [2.45, 2.75) is 18.6 Å². The first kappa shape index (κ1) is 15.4. The molecule has 6 nitrogen and oxygen atoms in total. The van der Waals surface area contributed by atoms with Crippen LogP contribution in [0, 0.1) is 6.92 Å². The second-order valence-electron chi connectivity index (χ2n) is 5.03. The number of anilines is 1. The predicted octanol–water partition coefficient (Wildman–Crippen LogP) is 2.96. The third-order valence-electron chi connectivity index (χ3n) is 3.12. The standard InChI is InChI=1S/C16H16N4O2S/c1-12-4-2-5-13(8-12)18-15(21)10-23-16-19-17-11-20(16)9-14-6-3-7-22-14/h2-8,11H,9-10H2,1H3,(H,18,21). The molecule has 0 aliphatic heterocycles. The number of benzene rings is 1. The Bertz CT molecular complexity index is 783. The van der Waals surface area contributed by atoms with Crippen molar-refractivity contribution in [1.82, 2.24) is 14.8 Å². The summed E-state index contributed by atoms with van der Waals surface area (Å²) in [7, 11) is 0. The number of aryl methyl sites for hydroxylation is 1. The Hall–Kier alpha value is -2.54. The van der Waals surface area contributed by atoms with E-state index in [4.69, 9.17) is 4.42 Å². The second kappa shape index (κ2) is 7.15. The van der Waals surface area contributed by atoms with Gasteiger partial charge in [-0.1, -0.05) is 23.9 Å². The van der Waals surface area contributed by atoms with Crippen LogP contribution in [0.25, 0.3) is 0 Å². The average Bonchev–Trinajstić information content (AvgIpc) is 3.18. The largest absolute Gasteiger partial charge is 0.467 e. The number of nitrogens with one attached hydrogen (secondary N) is 1. The van der Waals surface area contributed by atoms with Crippen molar-refractivity contribution >= 4 is 23.4 Å². The summed E-state index contributed by atoms with van der Waals surface area (Å²) in [4.78, 5) is 12.0. The molecule has 0 atom stereocenters. The lowest BCUT2D eigenvalue weighted by Crippen LogP contribution is -2.14. The van der Waals surface area contributed by atoms with Gasteiger partial charge in [-0.05, 0) is 36.8 Å². The van der Waals surface area contributed by atoms with Crippen LogP contribution in [0.4, 0.5) is 5.69 Å². The molecular weight excluding hydrogens is 312 g/mol. The highest BCUT2D eigenvalue weighted by atomic mass is 32.2. The average molecular weight is 328 g/mol. The van der Waals surface area contributed by atoms with Gasteiger partial charge in [0.2, 0.25) is 5.91 Å². The van der Waals surface area contributed by atoms with Crippen LogP contribution in [-0.2, 0) is 11.3 Å². The van der Waals surface area contributed by atoms with Gasteiger partial charge in [0.25, 0.3) is 0 Å². The maximum absolute atomic E-state index is 12.0. The first-order chi connectivity index (χ1) is 11.2. The van der Waals surface area contributed by atoms with Crippen LogP contribution in [0.2, 0.25) is 0 Å². The summed E-state index contributed by atoms with van der Waals surface area (Å²) in [5, 5.41) is 11.5. The molecule has 0 aliphatic rings. The topological polar surface area (TPSA) is 73.0 Å². The highest BCUT2D eigenvalue weighted by Gasteiger charge is 2.10. The van der Waals surface area contributed by atoms with Crippen LogP contribution in [0.5, 0.6) is 0 Å². The highest BCUT2D eigenvalue weighted by Crippen LogP contribution is 2.17. The van der Waals surface area contributed by atoms with E-state index in [1.54, 1.807) is 12.6 Å². The Balaban J connectivity index is 1.56. The Morgan fingerprint density at radius 2 is 2.26 bits per heavy atom. The van der Waals surface area contributed by atoms with Gasteiger partial charge < -0.3 is 14.3 Å². The second-order valence-corrected chi connectivity index (χ2v) is 5.97. The molecule has 1 aromatic carbocycles. The minimum Gasteiger partial charge on any atom is -0.467 e. The zero-order chi connectivity index (χ0) is 16.1. The van der Waals surface area contributed by atoms with E-state index in [2.05, 4.69) is 15.5 Å². The molecule has 118 valence electrons. The van der Waals surface area contributed by atoms with Gasteiger partial charge in [0.15, 0.2) is 5.16 Å². The summed E-state index contributed by atoms with van der Waals surface area (Å²) in [6.45, 7) is 2.53. The highest BCUT2D eigenvalue weighted by molar-refractivity contribution is 7.99. The molecule has 2 aromatic heterocycles. The van der Waals surface area contributed by atoms with Crippen LogP contribution in [0.3, 0.4) is 0 Å². The van der Waals surface area contributed by atoms with Gasteiger partial charge in [0, 0.05) is 5.69 Å². The van der Waals surface area contributed by atoms with Gasteiger partial charge in [0.05, 0.1) is 18.6 Å². The zero-order valence-corrected chi connectivity index (χ0v) is 13.4. The fourth-order valence-electron chi connectivity index (χ4n) is 2.09. The Kier molecular flexibility index (Phi) is 4.77. The number of hydrogen-bond donors (Lipinski definition) is 1. The molecule has 0 bridgehead atoms. The number of furan rings is 1. The van der Waals surface area contributed by atoms with Gasteiger partial charge in [-0.15, -0.1) is 10.2 Å². The predicted molar refractivity (Wildman–Crippen MR) is 88.4 cm³/mol. The van der Waals surface area contributed by atoms with Crippen molar-refractivity contribution in [3.63, 3.8) is 0 Å². The third-order valence-corrected chi connectivity index (χ3v) is 4.10. The molecule has 1 N–H and O–H groups in total. The first-order valence-electron chi connectivity index (χ1n) is 7.10. The summed E-state index contributed by atoms with van der Waals surface area (Å²) >= 11 is 1.34. The maximum Gasteiger partial charge on any atom is 0.234 e. The fourth-order valence-corrected chi connectivity index (χ4v) is 2.80. The molecule has 0 saturated heterocycles. The SMILES string of the molecule is Cc1cccc(NC(=O)CSc2nncn2Cc2ccco2)c1. The van der Waals surface area contributed by atoms with Crippen LogP contribution in [0.15, 0.2) is 58.6 Å². The summed E-state index contributed by atoms with van der Waals surface area (Å²) in [6, 6.07) is 11.4. The van der Waals surface area contributed by atoms with E-state index >= 15 is 0 Å². The maximum atomic E-state index is 12.0. The number of hydrogen-bond acceptors (Lipinski definition) is 5. The zero-order valence-electron chi connectivity index (χ0n) is 12.6. The minimum atomic E-state index is -0.0758. The van der Waals surface area contributed by atoms with Gasteiger partial charge in [-0.25, -0.2) is 0 Å². The molecule has 2 heterocycles. The van der Waals surface area contributed by atoms with Crippen molar-refractivity contribution in [2.75, 3.05) is 11.1 Å². The normalized spacial score (nSPS) is 10.7. The lowest BCUT2D eigenvalue weighted by molar-refractivity contribution is -0.113. The number of thioether (sulfide) groups is 1. The van der Waals surface area contributed by atoms with E-state index < -0.39 is 0 Å². The Labute approximate surface area is 137 Å². The molecule has 3 rings (SSSR count). The molecule has 0 aliphatic carbocycles. The van der Waals surface area contributed by atoms with E-state index in [1.807, 2.05) is 47.9 Å². The smallest absolute Gasteiger partial charge is 0.234 e. The van der Waals surface area contributed by atoms with Crippen molar-refractivity contribution in [1.29, 1.82) is 0 Å². The Morgan fingerprint density at radius 1 is 1.35 bits per heavy atom.